The number of nitrogens with zero attached hydrogens (tertiary/aromatic N) is 2. The Kier molecular flexibility index (Phi) is 7.52. The fraction of sp³-hybridized carbons (Fsp3) is 0.333. The van der Waals surface area contributed by atoms with E-state index in [0.29, 0.717) is 43.2 Å². The number of hydrogen-bond acceptors (Lipinski definition) is 3. The van der Waals surface area contributed by atoms with Crippen molar-refractivity contribution in [3.8, 4) is 5.75 Å². The summed E-state index contributed by atoms with van der Waals surface area (Å²) in [6.07, 6.45) is 4.77. The van der Waals surface area contributed by atoms with Crippen molar-refractivity contribution < 1.29 is 14.3 Å². The average Bonchev–Trinajstić information content (AvgIpc) is 2.78. The molecular formula is C24H27ClN2O3. The Balaban J connectivity index is 1.53. The first-order valence-electron chi connectivity index (χ1n) is 10.1. The van der Waals surface area contributed by atoms with Gasteiger partial charge in [-0.25, -0.2) is 0 Å². The molecule has 2 aromatic rings. The second-order valence-electron chi connectivity index (χ2n) is 7.49. The fourth-order valence-corrected chi connectivity index (χ4v) is 3.89. The normalized spacial score (nSPS) is 14.7. The molecular weight excluding hydrogens is 400 g/mol. The van der Waals surface area contributed by atoms with Crippen molar-refractivity contribution >= 4 is 29.5 Å². The topological polar surface area (TPSA) is 49.9 Å². The second kappa shape index (κ2) is 10.3. The van der Waals surface area contributed by atoms with Crippen LogP contribution in [0, 0.1) is 5.92 Å². The zero-order valence-corrected chi connectivity index (χ0v) is 18.1. The van der Waals surface area contributed by atoms with E-state index in [0.717, 1.165) is 11.1 Å². The van der Waals surface area contributed by atoms with Crippen LogP contribution in [0.25, 0.3) is 6.08 Å². The van der Waals surface area contributed by atoms with Crippen LogP contribution in [0.5, 0.6) is 5.75 Å². The lowest BCUT2D eigenvalue weighted by molar-refractivity contribution is -0.138. The number of ether oxygens (including phenoxy) is 1. The molecule has 1 aliphatic heterocycles. The van der Waals surface area contributed by atoms with Gasteiger partial charge in [0.25, 0.3) is 0 Å². The molecule has 0 N–H and O–H groups in total. The van der Waals surface area contributed by atoms with Crippen LogP contribution in [0.2, 0.25) is 5.02 Å². The molecule has 5 nitrogen and oxygen atoms in total. The number of likely N-dealkylation sites (tertiary alicyclic amines) is 1. The minimum Gasteiger partial charge on any atom is -0.496 e. The fourth-order valence-electron chi connectivity index (χ4n) is 3.70. The summed E-state index contributed by atoms with van der Waals surface area (Å²) in [6, 6.07) is 15.1. The molecule has 1 heterocycles. The standard InChI is InChI=1S/C24H27ClN2O3/c1-26(17-20-16-21(25)9-10-22(20)30-2)24(29)19-12-14-27(15-13-19)23(28)11-8-18-6-4-3-5-7-18/h3-11,16,19H,12-15,17H2,1-2H3. The Morgan fingerprint density at radius 1 is 1.17 bits per heavy atom. The summed E-state index contributed by atoms with van der Waals surface area (Å²) < 4.78 is 5.37. The summed E-state index contributed by atoms with van der Waals surface area (Å²) in [5.74, 6) is 0.706. The quantitative estimate of drug-likeness (QED) is 0.648. The van der Waals surface area contributed by atoms with Crippen LogP contribution in [0.1, 0.15) is 24.0 Å². The monoisotopic (exact) mass is 426 g/mol. The number of carbonyl (C=O) groups excluding carboxylic acids is 2. The molecule has 158 valence electrons. The predicted octanol–water partition coefficient (Wildman–Crippen LogP) is 4.26. The number of amides is 2. The van der Waals surface area contributed by atoms with Gasteiger partial charge in [-0.1, -0.05) is 41.9 Å². The lowest BCUT2D eigenvalue weighted by atomic mass is 9.95. The van der Waals surface area contributed by atoms with Gasteiger partial charge in [0.2, 0.25) is 11.8 Å². The van der Waals surface area contributed by atoms with E-state index in [1.165, 1.54) is 0 Å². The summed E-state index contributed by atoms with van der Waals surface area (Å²) >= 11 is 6.09. The Labute approximate surface area is 182 Å². The van der Waals surface area contributed by atoms with Gasteiger partial charge in [0, 0.05) is 49.3 Å². The van der Waals surface area contributed by atoms with Crippen molar-refractivity contribution in [3.63, 3.8) is 0 Å². The van der Waals surface area contributed by atoms with Crippen LogP contribution < -0.4 is 4.74 Å². The van der Waals surface area contributed by atoms with E-state index in [2.05, 4.69) is 0 Å². The zero-order valence-electron chi connectivity index (χ0n) is 17.4. The summed E-state index contributed by atoms with van der Waals surface area (Å²) in [6.45, 7) is 1.60. The van der Waals surface area contributed by atoms with Crippen molar-refractivity contribution in [1.29, 1.82) is 0 Å². The van der Waals surface area contributed by atoms with Crippen molar-refractivity contribution in [3.05, 3.63) is 70.8 Å². The summed E-state index contributed by atoms with van der Waals surface area (Å²) in [7, 11) is 3.40. The minimum absolute atomic E-state index is 0.0122. The van der Waals surface area contributed by atoms with Crippen LogP contribution in [-0.2, 0) is 16.1 Å². The molecule has 0 aliphatic carbocycles. The number of rotatable bonds is 6. The molecule has 3 rings (SSSR count). The van der Waals surface area contributed by atoms with Crippen molar-refractivity contribution in [2.45, 2.75) is 19.4 Å². The summed E-state index contributed by atoms with van der Waals surface area (Å²) in [4.78, 5) is 28.9. The number of carbonyl (C=O) groups is 2. The molecule has 0 aromatic heterocycles. The molecule has 1 saturated heterocycles. The number of halogens is 1. The highest BCUT2D eigenvalue weighted by molar-refractivity contribution is 6.30. The maximum absolute atomic E-state index is 12.9. The molecule has 1 fully saturated rings. The van der Waals surface area contributed by atoms with Crippen LogP contribution in [0.4, 0.5) is 0 Å². The highest BCUT2D eigenvalue weighted by Crippen LogP contribution is 2.26. The lowest BCUT2D eigenvalue weighted by Gasteiger charge is -2.33. The van der Waals surface area contributed by atoms with E-state index < -0.39 is 0 Å². The van der Waals surface area contributed by atoms with E-state index in [9.17, 15) is 9.59 Å². The summed E-state index contributed by atoms with van der Waals surface area (Å²) in [5.41, 5.74) is 1.87. The molecule has 0 radical (unpaired) electrons. The molecule has 0 saturated carbocycles. The Morgan fingerprint density at radius 3 is 2.53 bits per heavy atom. The average molecular weight is 427 g/mol. The van der Waals surface area contributed by atoms with E-state index in [4.69, 9.17) is 16.3 Å². The summed E-state index contributed by atoms with van der Waals surface area (Å²) in [5, 5.41) is 0.613. The van der Waals surface area contributed by atoms with E-state index in [-0.39, 0.29) is 17.7 Å². The van der Waals surface area contributed by atoms with Crippen LogP contribution >= 0.6 is 11.6 Å². The molecule has 0 bridgehead atoms. The van der Waals surface area contributed by atoms with Crippen LogP contribution in [-0.4, -0.2) is 48.9 Å². The van der Waals surface area contributed by atoms with Crippen molar-refractivity contribution in [1.82, 2.24) is 9.80 Å². The largest absolute Gasteiger partial charge is 0.496 e. The van der Waals surface area contributed by atoms with Gasteiger partial charge in [-0.2, -0.15) is 0 Å². The maximum atomic E-state index is 12.9. The van der Waals surface area contributed by atoms with Gasteiger partial charge in [0.05, 0.1) is 7.11 Å². The van der Waals surface area contributed by atoms with Gasteiger partial charge in [-0.15, -0.1) is 0 Å². The van der Waals surface area contributed by atoms with Crippen LogP contribution in [0.3, 0.4) is 0 Å². The molecule has 6 heteroatoms. The lowest BCUT2D eigenvalue weighted by Crippen LogP contribution is -2.42. The minimum atomic E-state index is -0.0812. The van der Waals surface area contributed by atoms with E-state index >= 15 is 0 Å². The molecule has 0 atom stereocenters. The number of benzene rings is 2. The highest BCUT2D eigenvalue weighted by Gasteiger charge is 2.28. The smallest absolute Gasteiger partial charge is 0.246 e. The third-order valence-electron chi connectivity index (χ3n) is 5.40. The van der Waals surface area contributed by atoms with Crippen molar-refractivity contribution in [2.24, 2.45) is 5.92 Å². The third kappa shape index (κ3) is 5.63. The Morgan fingerprint density at radius 2 is 1.87 bits per heavy atom. The molecule has 30 heavy (non-hydrogen) atoms. The maximum Gasteiger partial charge on any atom is 0.246 e. The molecule has 0 spiro atoms. The van der Waals surface area contributed by atoms with E-state index in [1.54, 1.807) is 31.2 Å². The zero-order chi connectivity index (χ0) is 21.5. The first kappa shape index (κ1) is 21.9. The third-order valence-corrected chi connectivity index (χ3v) is 5.64. The van der Waals surface area contributed by atoms with Gasteiger partial charge >= 0.3 is 0 Å². The SMILES string of the molecule is COc1ccc(Cl)cc1CN(C)C(=O)C1CCN(C(=O)C=Cc2ccccc2)CC1. The van der Waals surface area contributed by atoms with Gasteiger partial charge in [0.15, 0.2) is 0 Å². The molecule has 1 aliphatic rings. The van der Waals surface area contributed by atoms with Gasteiger partial charge in [-0.05, 0) is 42.7 Å². The highest BCUT2D eigenvalue weighted by atomic mass is 35.5. The Hall–Kier alpha value is -2.79. The molecule has 0 unspecified atom stereocenters. The number of piperidine rings is 1. The second-order valence-corrected chi connectivity index (χ2v) is 7.93. The van der Waals surface area contributed by atoms with Gasteiger partial charge in [-0.3, -0.25) is 9.59 Å². The van der Waals surface area contributed by atoms with Crippen molar-refractivity contribution in [2.75, 3.05) is 27.2 Å². The van der Waals surface area contributed by atoms with Gasteiger partial charge < -0.3 is 14.5 Å². The predicted molar refractivity (Wildman–Crippen MR) is 119 cm³/mol. The number of methoxy groups -OCH3 is 1. The molecule has 2 amide bonds. The van der Waals surface area contributed by atoms with E-state index in [1.807, 2.05) is 53.4 Å². The van der Waals surface area contributed by atoms with Gasteiger partial charge in [0.1, 0.15) is 5.75 Å². The number of hydrogen-bond donors (Lipinski definition) is 0. The first-order valence-corrected chi connectivity index (χ1v) is 10.4. The Bertz CT molecular complexity index is 906. The molecule has 2 aromatic carbocycles. The first-order chi connectivity index (χ1) is 14.5. The van der Waals surface area contributed by atoms with Crippen LogP contribution in [0.15, 0.2) is 54.6 Å².